The molecule has 0 radical (unpaired) electrons. The predicted molar refractivity (Wildman–Crippen MR) is 227 cm³/mol. The van der Waals surface area contributed by atoms with Crippen molar-refractivity contribution in [2.24, 2.45) is 0 Å². The Morgan fingerprint density at radius 3 is 1.96 bits per heavy atom. The molecule has 0 heterocycles. The first-order valence-corrected chi connectivity index (χ1v) is 19.0. The van der Waals surface area contributed by atoms with Gasteiger partial charge in [-0.1, -0.05) is 135 Å². The number of hydrogen-bond acceptors (Lipinski definition) is 2. The van der Waals surface area contributed by atoms with Crippen molar-refractivity contribution in [2.45, 2.75) is 44.9 Å². The molecule has 0 aliphatic heterocycles. The van der Waals surface area contributed by atoms with Crippen LogP contribution in [-0.4, -0.2) is 0 Å². The Bertz CT molecular complexity index is 2470. The van der Waals surface area contributed by atoms with E-state index in [0.29, 0.717) is 0 Å². The average molecular weight is 685 g/mol. The molecular formula is C51H44N2. The van der Waals surface area contributed by atoms with Crippen LogP contribution in [0.3, 0.4) is 0 Å². The minimum Gasteiger partial charge on any atom is -0.315 e. The lowest BCUT2D eigenvalue weighted by molar-refractivity contribution is 0.660. The van der Waals surface area contributed by atoms with Gasteiger partial charge in [0.2, 0.25) is 0 Å². The highest BCUT2D eigenvalue weighted by molar-refractivity contribution is 5.90. The lowest BCUT2D eigenvalue weighted by Crippen LogP contribution is -2.23. The molecule has 0 bridgehead atoms. The summed E-state index contributed by atoms with van der Waals surface area (Å²) in [6, 6.07) is 48.9. The molecule has 0 saturated carbocycles. The molecule has 258 valence electrons. The molecule has 6 aromatic rings. The lowest BCUT2D eigenvalue weighted by Gasteiger charge is -2.32. The average Bonchev–Trinajstić information content (AvgIpc) is 3.44. The van der Waals surface area contributed by atoms with Crippen LogP contribution in [0.5, 0.6) is 0 Å². The van der Waals surface area contributed by atoms with Crippen molar-refractivity contribution < 1.29 is 0 Å². The number of allylic oxidation sites excluding steroid dienone is 7. The first-order valence-electron chi connectivity index (χ1n) is 19.0. The van der Waals surface area contributed by atoms with Gasteiger partial charge in [-0.3, -0.25) is 0 Å². The molecule has 0 unspecified atom stereocenters. The van der Waals surface area contributed by atoms with Crippen LogP contribution >= 0.6 is 0 Å². The number of hydrogen-bond donors (Lipinski definition) is 0. The standard InChI is InChI=1S/C51H44N2/c1-51(2)49-34-38(26-32-47(49)48-33-31-46(36-50(48)51)52(41-16-6-3-7-17-41)42-18-8-4-9-19-42)23-22-37-24-28-44(29-25-37)53(43-20-10-5-11-21-43)45-30-27-39-14-12-13-15-40(39)35-45/h3,5-6,8,10-16,18-36H,4,7,9,17H2,1-2H3/b23-22+. The van der Waals surface area contributed by atoms with E-state index in [0.717, 1.165) is 42.7 Å². The summed E-state index contributed by atoms with van der Waals surface area (Å²) in [5.74, 6) is 0. The van der Waals surface area contributed by atoms with Crippen molar-refractivity contribution in [1.82, 2.24) is 0 Å². The van der Waals surface area contributed by atoms with Gasteiger partial charge in [0, 0.05) is 39.6 Å². The van der Waals surface area contributed by atoms with Gasteiger partial charge < -0.3 is 9.80 Å². The first-order chi connectivity index (χ1) is 26.0. The van der Waals surface area contributed by atoms with E-state index in [2.05, 4.69) is 206 Å². The van der Waals surface area contributed by atoms with Crippen molar-refractivity contribution >= 4 is 45.7 Å². The van der Waals surface area contributed by atoms with Crippen LogP contribution < -0.4 is 9.80 Å². The number of anilines is 4. The molecule has 0 N–H and O–H groups in total. The van der Waals surface area contributed by atoms with Gasteiger partial charge in [0.1, 0.15) is 0 Å². The van der Waals surface area contributed by atoms with Gasteiger partial charge >= 0.3 is 0 Å². The topological polar surface area (TPSA) is 6.48 Å². The summed E-state index contributed by atoms with van der Waals surface area (Å²) >= 11 is 0. The Labute approximate surface area is 314 Å². The van der Waals surface area contributed by atoms with Crippen LogP contribution in [-0.2, 0) is 5.41 Å². The van der Waals surface area contributed by atoms with E-state index in [1.165, 1.54) is 61.2 Å². The monoisotopic (exact) mass is 684 g/mol. The quantitative estimate of drug-likeness (QED) is 0.147. The summed E-state index contributed by atoms with van der Waals surface area (Å²) in [5.41, 5.74) is 15.1. The van der Waals surface area contributed by atoms with E-state index in [9.17, 15) is 0 Å². The van der Waals surface area contributed by atoms with Crippen LogP contribution in [0.25, 0.3) is 34.1 Å². The highest BCUT2D eigenvalue weighted by atomic mass is 15.2. The Morgan fingerprint density at radius 2 is 1.19 bits per heavy atom. The van der Waals surface area contributed by atoms with Crippen LogP contribution in [0, 0.1) is 0 Å². The molecule has 0 spiro atoms. The van der Waals surface area contributed by atoms with Gasteiger partial charge in [-0.05, 0) is 131 Å². The molecule has 0 aromatic heterocycles. The van der Waals surface area contributed by atoms with E-state index >= 15 is 0 Å². The molecule has 3 aliphatic rings. The number of rotatable bonds is 8. The molecule has 0 saturated heterocycles. The molecule has 0 amide bonds. The molecule has 53 heavy (non-hydrogen) atoms. The van der Waals surface area contributed by atoms with Crippen LogP contribution in [0.4, 0.5) is 22.7 Å². The summed E-state index contributed by atoms with van der Waals surface area (Å²) in [5, 5.41) is 2.48. The number of benzene rings is 6. The predicted octanol–water partition coefficient (Wildman–Crippen LogP) is 14.1. The lowest BCUT2D eigenvalue weighted by atomic mass is 9.81. The zero-order chi connectivity index (χ0) is 35.8. The number of fused-ring (bicyclic) bond motifs is 4. The van der Waals surface area contributed by atoms with E-state index in [-0.39, 0.29) is 5.41 Å². The third-order valence-electron chi connectivity index (χ3n) is 11.1. The Balaban J connectivity index is 0.990. The van der Waals surface area contributed by atoms with Gasteiger partial charge in [0.05, 0.1) is 0 Å². The summed E-state index contributed by atoms with van der Waals surface area (Å²) < 4.78 is 0. The Morgan fingerprint density at radius 1 is 0.528 bits per heavy atom. The van der Waals surface area contributed by atoms with Crippen LogP contribution in [0.15, 0.2) is 181 Å². The van der Waals surface area contributed by atoms with Crippen molar-refractivity contribution in [1.29, 1.82) is 0 Å². The van der Waals surface area contributed by atoms with Crippen LogP contribution in [0.2, 0.25) is 0 Å². The summed E-state index contributed by atoms with van der Waals surface area (Å²) in [7, 11) is 0. The molecule has 9 rings (SSSR count). The molecule has 2 heteroatoms. The van der Waals surface area contributed by atoms with Gasteiger partial charge in [0.25, 0.3) is 0 Å². The summed E-state index contributed by atoms with van der Waals surface area (Å²) in [4.78, 5) is 4.82. The van der Waals surface area contributed by atoms with Crippen LogP contribution in [0.1, 0.15) is 61.8 Å². The zero-order valence-corrected chi connectivity index (χ0v) is 30.5. The fourth-order valence-electron chi connectivity index (χ4n) is 8.28. The van der Waals surface area contributed by atoms with Gasteiger partial charge in [-0.15, -0.1) is 0 Å². The fraction of sp³-hybridized carbons (Fsp3) is 0.137. The molecule has 6 aromatic carbocycles. The third kappa shape index (κ3) is 6.25. The smallest absolute Gasteiger partial charge is 0.0468 e. The van der Waals surface area contributed by atoms with Crippen molar-refractivity contribution in [2.75, 3.05) is 9.80 Å². The van der Waals surface area contributed by atoms with Crippen molar-refractivity contribution in [3.05, 3.63) is 204 Å². The summed E-state index contributed by atoms with van der Waals surface area (Å²) in [6.07, 6.45) is 22.6. The highest BCUT2D eigenvalue weighted by Gasteiger charge is 2.36. The van der Waals surface area contributed by atoms with E-state index in [1.54, 1.807) is 0 Å². The largest absolute Gasteiger partial charge is 0.315 e. The minimum atomic E-state index is -0.112. The first kappa shape index (κ1) is 32.8. The second kappa shape index (κ2) is 13.8. The maximum Gasteiger partial charge on any atom is 0.0468 e. The number of para-hydroxylation sites is 1. The fourth-order valence-corrected chi connectivity index (χ4v) is 8.28. The maximum absolute atomic E-state index is 2.48. The molecule has 0 fully saturated rings. The minimum absolute atomic E-state index is 0.112. The highest BCUT2D eigenvalue weighted by Crippen LogP contribution is 2.50. The van der Waals surface area contributed by atoms with Crippen molar-refractivity contribution in [3.63, 3.8) is 0 Å². The molecular weight excluding hydrogens is 641 g/mol. The normalized spacial score (nSPS) is 15.6. The maximum atomic E-state index is 2.48. The van der Waals surface area contributed by atoms with Crippen molar-refractivity contribution in [3.8, 4) is 11.1 Å². The molecule has 2 nitrogen and oxygen atoms in total. The summed E-state index contributed by atoms with van der Waals surface area (Å²) in [6.45, 7) is 4.77. The molecule has 3 aliphatic carbocycles. The van der Waals surface area contributed by atoms with E-state index in [4.69, 9.17) is 0 Å². The zero-order valence-electron chi connectivity index (χ0n) is 30.5. The molecule has 0 atom stereocenters. The second-order valence-corrected chi connectivity index (χ2v) is 14.9. The SMILES string of the molecule is CC1(C)c2cc(/C=C/c3ccc(N(c4ccccc4)c4ccc5ccccc5c4)cc3)ccc2-c2ccc(N(C3=CCCC=C3)C3=CC=CCC3)cc21. The van der Waals surface area contributed by atoms with Gasteiger partial charge in [0.15, 0.2) is 0 Å². The Hall–Kier alpha value is -6.12. The van der Waals surface area contributed by atoms with Gasteiger partial charge in [-0.2, -0.15) is 0 Å². The number of nitrogens with zero attached hydrogens (tertiary/aromatic N) is 2. The third-order valence-corrected chi connectivity index (χ3v) is 11.1. The Kier molecular flexibility index (Phi) is 8.52. The van der Waals surface area contributed by atoms with E-state index < -0.39 is 0 Å². The van der Waals surface area contributed by atoms with Gasteiger partial charge in [-0.25, -0.2) is 0 Å². The second-order valence-electron chi connectivity index (χ2n) is 14.9. The van der Waals surface area contributed by atoms with E-state index in [1.807, 2.05) is 0 Å².